The number of nitrogens with zero attached hydrogens (tertiary/aromatic N) is 3. The first-order valence-electron chi connectivity index (χ1n) is 9.93. The summed E-state index contributed by atoms with van der Waals surface area (Å²) in [7, 11) is 0. The second-order valence-corrected chi connectivity index (χ2v) is 8.64. The van der Waals surface area contributed by atoms with Gasteiger partial charge >= 0.3 is 0 Å². The molecule has 2 heterocycles. The summed E-state index contributed by atoms with van der Waals surface area (Å²) in [5, 5.41) is 18.5. The smallest absolute Gasteiger partial charge is 0.122 e. The van der Waals surface area contributed by atoms with E-state index in [1.165, 1.54) is 5.56 Å². The van der Waals surface area contributed by atoms with Gasteiger partial charge in [-0.1, -0.05) is 38.1 Å². The van der Waals surface area contributed by atoms with E-state index >= 15 is 0 Å². The van der Waals surface area contributed by atoms with Crippen LogP contribution in [0, 0.1) is 6.92 Å². The Bertz CT molecular complexity index is 778. The van der Waals surface area contributed by atoms with Crippen molar-refractivity contribution >= 4 is 0 Å². The number of ether oxygens (including phenoxy) is 2. The highest BCUT2D eigenvalue weighted by atomic mass is 16.5. The van der Waals surface area contributed by atoms with Crippen LogP contribution in [0.3, 0.4) is 0 Å². The second kappa shape index (κ2) is 8.59. The molecule has 0 spiro atoms. The van der Waals surface area contributed by atoms with E-state index in [2.05, 4.69) is 43.2 Å². The Labute approximate surface area is 166 Å². The van der Waals surface area contributed by atoms with Crippen LogP contribution in [0.4, 0.5) is 0 Å². The number of hydrogen-bond donors (Lipinski definition) is 2. The van der Waals surface area contributed by atoms with Crippen LogP contribution in [-0.2, 0) is 16.7 Å². The number of aliphatic hydroxyl groups is 1. The predicted octanol–water partition coefficient (Wildman–Crippen LogP) is 2.50. The number of benzene rings is 1. The van der Waals surface area contributed by atoms with Crippen molar-refractivity contribution in [3.8, 4) is 5.75 Å². The summed E-state index contributed by atoms with van der Waals surface area (Å²) >= 11 is 0. The van der Waals surface area contributed by atoms with Crippen LogP contribution in [0.1, 0.15) is 56.5 Å². The van der Waals surface area contributed by atoms with Crippen molar-refractivity contribution in [3.05, 3.63) is 41.2 Å². The molecule has 28 heavy (non-hydrogen) atoms. The summed E-state index contributed by atoms with van der Waals surface area (Å²) in [5.41, 5.74) is 9.31. The molecule has 3 unspecified atom stereocenters. The lowest BCUT2D eigenvalue weighted by Gasteiger charge is -2.21. The van der Waals surface area contributed by atoms with E-state index in [0.29, 0.717) is 12.2 Å². The molecule has 3 N–H and O–H groups in total. The Morgan fingerprint density at radius 3 is 2.82 bits per heavy atom. The Balaban J connectivity index is 1.53. The third-order valence-electron chi connectivity index (χ3n) is 5.13. The van der Waals surface area contributed by atoms with Crippen molar-refractivity contribution in [3.63, 3.8) is 0 Å². The van der Waals surface area contributed by atoms with Gasteiger partial charge in [-0.3, -0.25) is 0 Å². The van der Waals surface area contributed by atoms with Gasteiger partial charge in [0.1, 0.15) is 24.2 Å². The highest BCUT2D eigenvalue weighted by Crippen LogP contribution is 2.27. The molecule has 1 aliphatic rings. The number of rotatable bonds is 7. The summed E-state index contributed by atoms with van der Waals surface area (Å²) in [6, 6.07) is 5.90. The van der Waals surface area contributed by atoms with Gasteiger partial charge < -0.3 is 20.3 Å². The van der Waals surface area contributed by atoms with Crippen LogP contribution in [-0.4, -0.2) is 45.5 Å². The minimum atomic E-state index is -0.699. The van der Waals surface area contributed by atoms with Gasteiger partial charge in [-0.2, -0.15) is 0 Å². The first-order chi connectivity index (χ1) is 13.2. The molecule has 0 aliphatic carbocycles. The zero-order valence-electron chi connectivity index (χ0n) is 17.3. The maximum absolute atomic E-state index is 10.3. The first-order valence-corrected chi connectivity index (χ1v) is 9.93. The summed E-state index contributed by atoms with van der Waals surface area (Å²) in [4.78, 5) is 0. The molecule has 1 aromatic carbocycles. The average Bonchev–Trinajstić information content (AvgIpc) is 3.31. The fourth-order valence-electron chi connectivity index (χ4n) is 3.36. The number of aromatic nitrogens is 3. The molecule has 1 fully saturated rings. The van der Waals surface area contributed by atoms with E-state index in [-0.39, 0.29) is 24.2 Å². The van der Waals surface area contributed by atoms with Gasteiger partial charge in [0.25, 0.3) is 0 Å². The summed E-state index contributed by atoms with van der Waals surface area (Å²) in [5.74, 6) is 0.784. The molecule has 1 aromatic heterocycles. The van der Waals surface area contributed by atoms with Gasteiger partial charge in [-0.25, -0.2) is 4.68 Å². The Kier molecular flexibility index (Phi) is 6.37. The molecular weight excluding hydrogens is 356 g/mol. The topological polar surface area (TPSA) is 95.4 Å². The van der Waals surface area contributed by atoms with Gasteiger partial charge in [0.15, 0.2) is 0 Å². The largest absolute Gasteiger partial charge is 0.491 e. The van der Waals surface area contributed by atoms with Crippen LogP contribution in [0.2, 0.25) is 0 Å². The van der Waals surface area contributed by atoms with Gasteiger partial charge in [0, 0.05) is 6.61 Å². The number of aryl methyl sites for hydroxylation is 1. The highest BCUT2D eigenvalue weighted by Gasteiger charge is 2.26. The van der Waals surface area contributed by atoms with Crippen molar-refractivity contribution in [1.82, 2.24) is 15.0 Å². The molecule has 3 rings (SSSR count). The third-order valence-corrected chi connectivity index (χ3v) is 5.13. The fraction of sp³-hybridized carbons (Fsp3) is 0.619. The predicted molar refractivity (Wildman–Crippen MR) is 107 cm³/mol. The molecule has 0 saturated carbocycles. The monoisotopic (exact) mass is 388 g/mol. The molecule has 154 valence electrons. The molecule has 0 amide bonds. The maximum Gasteiger partial charge on any atom is 0.122 e. The molecule has 3 atom stereocenters. The molecule has 2 aromatic rings. The lowest BCUT2D eigenvalue weighted by molar-refractivity contribution is 0.0878. The zero-order chi connectivity index (χ0) is 20.3. The van der Waals surface area contributed by atoms with E-state index in [9.17, 15) is 5.11 Å². The fourth-order valence-corrected chi connectivity index (χ4v) is 3.36. The van der Waals surface area contributed by atoms with Gasteiger partial charge in [-0.15, -0.1) is 5.10 Å². The Morgan fingerprint density at radius 2 is 2.18 bits per heavy atom. The van der Waals surface area contributed by atoms with Crippen LogP contribution in [0.15, 0.2) is 24.4 Å². The van der Waals surface area contributed by atoms with Crippen molar-refractivity contribution < 1.29 is 14.6 Å². The lowest BCUT2D eigenvalue weighted by atomic mass is 9.86. The van der Waals surface area contributed by atoms with Gasteiger partial charge in [-0.05, 0) is 42.4 Å². The van der Waals surface area contributed by atoms with Crippen molar-refractivity contribution in [2.24, 2.45) is 5.73 Å². The Hall–Kier alpha value is -1.96. The second-order valence-electron chi connectivity index (χ2n) is 8.64. The van der Waals surface area contributed by atoms with Crippen LogP contribution in [0.25, 0.3) is 0 Å². The molecule has 1 saturated heterocycles. The first kappa shape index (κ1) is 20.8. The van der Waals surface area contributed by atoms with E-state index in [4.69, 9.17) is 15.2 Å². The SMILES string of the molecule is Cc1cc(C(C)(C)C)ccc1OCC(O)Cn1cc(C(N)C2CCCO2)nn1. The van der Waals surface area contributed by atoms with E-state index < -0.39 is 6.10 Å². The third kappa shape index (κ3) is 5.10. The number of hydrogen-bond acceptors (Lipinski definition) is 6. The molecule has 7 nitrogen and oxygen atoms in total. The summed E-state index contributed by atoms with van der Waals surface area (Å²) < 4.78 is 13.0. The Morgan fingerprint density at radius 1 is 1.39 bits per heavy atom. The minimum absolute atomic E-state index is 0.00236. The minimum Gasteiger partial charge on any atom is -0.491 e. The van der Waals surface area contributed by atoms with Crippen molar-refractivity contribution in [1.29, 1.82) is 0 Å². The number of nitrogens with two attached hydrogens (primary N) is 1. The quantitative estimate of drug-likeness (QED) is 0.757. The lowest BCUT2D eigenvalue weighted by Crippen LogP contribution is -2.26. The molecular formula is C21H32N4O3. The molecule has 0 bridgehead atoms. The van der Waals surface area contributed by atoms with Crippen molar-refractivity contribution in [2.45, 2.75) is 70.7 Å². The normalized spacial score (nSPS) is 19.6. The van der Waals surface area contributed by atoms with Gasteiger partial charge in [0.2, 0.25) is 0 Å². The van der Waals surface area contributed by atoms with E-state index in [1.807, 2.05) is 13.0 Å². The highest BCUT2D eigenvalue weighted by molar-refractivity contribution is 5.38. The number of aliphatic hydroxyl groups excluding tert-OH is 1. The standard InChI is InChI=1S/C21H32N4O3/c1-14-10-15(21(2,3)4)7-8-18(14)28-13-16(26)11-25-12-17(23-24-25)20(22)19-6-5-9-27-19/h7-8,10,12,16,19-20,26H,5-6,9,11,13,22H2,1-4H3. The summed E-state index contributed by atoms with van der Waals surface area (Å²) in [6.45, 7) is 9.80. The van der Waals surface area contributed by atoms with Crippen LogP contribution >= 0.6 is 0 Å². The molecule has 7 heteroatoms. The van der Waals surface area contributed by atoms with Gasteiger partial charge in [0.05, 0.1) is 24.9 Å². The zero-order valence-corrected chi connectivity index (χ0v) is 17.3. The molecule has 1 aliphatic heterocycles. The van der Waals surface area contributed by atoms with E-state index in [0.717, 1.165) is 30.8 Å². The van der Waals surface area contributed by atoms with Crippen LogP contribution < -0.4 is 10.5 Å². The summed E-state index contributed by atoms with van der Waals surface area (Å²) in [6.07, 6.45) is 3.04. The van der Waals surface area contributed by atoms with E-state index in [1.54, 1.807) is 10.9 Å². The molecule has 0 radical (unpaired) electrons. The maximum atomic E-state index is 10.3. The van der Waals surface area contributed by atoms with Crippen molar-refractivity contribution in [2.75, 3.05) is 13.2 Å². The van der Waals surface area contributed by atoms with Crippen LogP contribution in [0.5, 0.6) is 5.75 Å². The average molecular weight is 389 g/mol.